The third-order valence-electron chi connectivity index (χ3n) is 4.17. The largest absolute Gasteiger partial charge is 0.618 e. The van der Waals surface area contributed by atoms with Crippen LogP contribution in [0.2, 0.25) is 0 Å². The van der Waals surface area contributed by atoms with Crippen LogP contribution in [0.5, 0.6) is 5.75 Å². The minimum absolute atomic E-state index is 0.111. The molecule has 27 heavy (non-hydrogen) atoms. The first-order valence-corrected chi connectivity index (χ1v) is 10.1. The number of imidazole rings is 1. The van der Waals surface area contributed by atoms with Gasteiger partial charge in [-0.05, 0) is 19.1 Å². The van der Waals surface area contributed by atoms with E-state index in [0.717, 1.165) is 0 Å². The van der Waals surface area contributed by atoms with Gasteiger partial charge in [-0.25, -0.2) is 13.4 Å². The van der Waals surface area contributed by atoms with Crippen LogP contribution in [-0.2, 0) is 20.3 Å². The zero-order valence-corrected chi connectivity index (χ0v) is 16.0. The predicted molar refractivity (Wildman–Crippen MR) is 99.1 cm³/mol. The topological polar surface area (TPSA) is 108 Å². The number of methoxy groups -OCH3 is 1. The number of sulfone groups is 1. The molecule has 2 heterocycles. The number of para-hydroxylation sites is 2. The van der Waals surface area contributed by atoms with E-state index in [-0.39, 0.29) is 10.9 Å². The molecule has 0 fully saturated rings. The van der Waals surface area contributed by atoms with Crippen molar-refractivity contribution < 1.29 is 22.6 Å². The molecule has 0 saturated carbocycles. The van der Waals surface area contributed by atoms with Crippen LogP contribution in [0.25, 0.3) is 11.0 Å². The quantitative estimate of drug-likeness (QED) is 0.357. The highest BCUT2D eigenvalue weighted by atomic mass is 32.2. The van der Waals surface area contributed by atoms with Crippen LogP contribution in [0.3, 0.4) is 0 Å². The first-order chi connectivity index (χ1) is 12.9. The Morgan fingerprint density at radius 1 is 1.22 bits per heavy atom. The summed E-state index contributed by atoms with van der Waals surface area (Å²) in [6, 6.07) is 8.57. The summed E-state index contributed by atoms with van der Waals surface area (Å²) in [7, 11) is -2.22. The van der Waals surface area contributed by atoms with E-state index in [1.165, 1.54) is 12.3 Å². The zero-order valence-electron chi connectivity index (χ0n) is 15.1. The third kappa shape index (κ3) is 4.20. The number of ether oxygens (including phenoxy) is 2. The number of pyridine rings is 1. The van der Waals surface area contributed by atoms with Crippen LogP contribution in [0.4, 0.5) is 0 Å². The Labute approximate surface area is 157 Å². The maximum absolute atomic E-state index is 12.8. The van der Waals surface area contributed by atoms with Crippen molar-refractivity contribution in [3.63, 3.8) is 0 Å². The SMILES string of the molecule is COCCCOc1cc[n+]([O-])c(CS(=O)(=O)c2nc3ccccc3[nH]2)c1C. The molecule has 0 aliphatic carbocycles. The van der Waals surface area contributed by atoms with E-state index in [1.807, 2.05) is 0 Å². The average Bonchev–Trinajstić information content (AvgIpc) is 3.09. The molecule has 0 radical (unpaired) electrons. The van der Waals surface area contributed by atoms with Gasteiger partial charge in [0.15, 0.2) is 6.20 Å². The normalized spacial score (nSPS) is 11.8. The van der Waals surface area contributed by atoms with E-state index in [1.54, 1.807) is 38.3 Å². The number of H-pyrrole nitrogens is 1. The second kappa shape index (κ2) is 7.93. The first kappa shape index (κ1) is 19.1. The van der Waals surface area contributed by atoms with Crippen molar-refractivity contribution in [1.82, 2.24) is 9.97 Å². The molecule has 1 N–H and O–H groups in total. The summed E-state index contributed by atoms with van der Waals surface area (Å²) in [6.45, 7) is 2.64. The number of rotatable bonds is 8. The number of hydrogen-bond acceptors (Lipinski definition) is 6. The van der Waals surface area contributed by atoms with Crippen molar-refractivity contribution in [3.8, 4) is 5.75 Å². The third-order valence-corrected chi connectivity index (χ3v) is 5.61. The van der Waals surface area contributed by atoms with E-state index in [2.05, 4.69) is 9.97 Å². The highest BCUT2D eigenvalue weighted by Gasteiger charge is 2.27. The molecular weight excluding hydrogens is 370 g/mol. The van der Waals surface area contributed by atoms with Gasteiger partial charge < -0.3 is 19.7 Å². The molecule has 0 aliphatic rings. The average molecular weight is 391 g/mol. The molecule has 3 rings (SSSR count). The highest BCUT2D eigenvalue weighted by Crippen LogP contribution is 2.23. The molecule has 0 aliphatic heterocycles. The lowest BCUT2D eigenvalue weighted by Crippen LogP contribution is -2.34. The first-order valence-electron chi connectivity index (χ1n) is 8.43. The number of nitrogens with zero attached hydrogens (tertiary/aromatic N) is 2. The van der Waals surface area contributed by atoms with Crippen molar-refractivity contribution in [2.75, 3.05) is 20.3 Å². The number of fused-ring (bicyclic) bond motifs is 1. The fourth-order valence-corrected chi connectivity index (χ4v) is 4.04. The van der Waals surface area contributed by atoms with Gasteiger partial charge in [-0.2, -0.15) is 4.73 Å². The molecule has 9 heteroatoms. The molecule has 8 nitrogen and oxygen atoms in total. The van der Waals surface area contributed by atoms with Crippen LogP contribution < -0.4 is 9.47 Å². The summed E-state index contributed by atoms with van der Waals surface area (Å²) in [6.07, 6.45) is 1.94. The lowest BCUT2D eigenvalue weighted by Gasteiger charge is -2.12. The minimum Gasteiger partial charge on any atom is -0.618 e. The fourth-order valence-electron chi connectivity index (χ4n) is 2.70. The number of benzene rings is 1. The number of nitrogens with one attached hydrogen (secondary N) is 1. The van der Waals surface area contributed by atoms with Gasteiger partial charge in [0, 0.05) is 26.2 Å². The molecule has 0 atom stereocenters. The van der Waals surface area contributed by atoms with Gasteiger partial charge in [0.25, 0.3) is 0 Å². The van der Waals surface area contributed by atoms with Gasteiger partial charge in [-0.1, -0.05) is 12.1 Å². The molecule has 0 amide bonds. The van der Waals surface area contributed by atoms with Crippen LogP contribution >= 0.6 is 0 Å². The lowest BCUT2D eigenvalue weighted by atomic mass is 10.2. The molecule has 2 aromatic heterocycles. The van der Waals surface area contributed by atoms with E-state index in [0.29, 0.717) is 46.7 Å². The zero-order chi connectivity index (χ0) is 19.4. The van der Waals surface area contributed by atoms with Gasteiger partial charge in [0.05, 0.1) is 23.2 Å². The molecule has 0 saturated heterocycles. The Kier molecular flexibility index (Phi) is 5.62. The van der Waals surface area contributed by atoms with Crippen molar-refractivity contribution in [2.24, 2.45) is 0 Å². The number of aromatic nitrogens is 3. The summed E-state index contributed by atoms with van der Waals surface area (Å²) in [5.74, 6) is 0.00486. The molecule has 1 aromatic carbocycles. The Balaban J connectivity index is 1.87. The fraction of sp³-hybridized carbons (Fsp3) is 0.333. The van der Waals surface area contributed by atoms with Crippen molar-refractivity contribution in [2.45, 2.75) is 24.3 Å². The van der Waals surface area contributed by atoms with Gasteiger partial charge in [-0.15, -0.1) is 0 Å². The van der Waals surface area contributed by atoms with Gasteiger partial charge in [0.1, 0.15) is 11.5 Å². The summed E-state index contributed by atoms with van der Waals surface area (Å²) >= 11 is 0. The van der Waals surface area contributed by atoms with Crippen LogP contribution in [0.1, 0.15) is 17.7 Å². The van der Waals surface area contributed by atoms with Crippen molar-refractivity contribution in [1.29, 1.82) is 0 Å². The van der Waals surface area contributed by atoms with Crippen molar-refractivity contribution >= 4 is 20.9 Å². The Bertz CT molecular complexity index is 1010. The van der Waals surface area contributed by atoms with E-state index in [9.17, 15) is 13.6 Å². The standard InChI is InChI=1S/C18H21N3O5S/c1-13-16(21(22)9-8-17(13)26-11-5-10-25-2)12-27(23,24)18-19-14-6-3-4-7-15(14)20-18/h3-4,6-9H,5,10-12H2,1-2H3,(H,19,20). The molecule has 3 aromatic rings. The number of hydrogen-bond donors (Lipinski definition) is 1. The number of aromatic amines is 1. The lowest BCUT2D eigenvalue weighted by molar-refractivity contribution is -0.613. The second-order valence-electron chi connectivity index (χ2n) is 6.09. The Hall–Kier alpha value is -2.65. The minimum atomic E-state index is -3.83. The smallest absolute Gasteiger partial charge is 0.226 e. The van der Waals surface area contributed by atoms with Gasteiger partial charge >= 0.3 is 0 Å². The molecule has 0 bridgehead atoms. The van der Waals surface area contributed by atoms with Crippen LogP contribution in [-0.4, -0.2) is 38.7 Å². The van der Waals surface area contributed by atoms with E-state index >= 15 is 0 Å². The van der Waals surface area contributed by atoms with Crippen LogP contribution in [0.15, 0.2) is 41.7 Å². The Morgan fingerprint density at radius 2 is 2.00 bits per heavy atom. The van der Waals surface area contributed by atoms with Gasteiger partial charge in [-0.3, -0.25) is 0 Å². The van der Waals surface area contributed by atoms with Gasteiger partial charge in [0.2, 0.25) is 20.7 Å². The highest BCUT2D eigenvalue weighted by molar-refractivity contribution is 7.90. The molecule has 0 unspecified atom stereocenters. The molecule has 144 valence electrons. The van der Waals surface area contributed by atoms with E-state index < -0.39 is 15.6 Å². The molecular formula is C18H21N3O5S. The molecule has 0 spiro atoms. The second-order valence-corrected chi connectivity index (χ2v) is 8.00. The maximum Gasteiger partial charge on any atom is 0.226 e. The van der Waals surface area contributed by atoms with Crippen molar-refractivity contribution in [3.05, 3.63) is 53.0 Å². The summed E-state index contributed by atoms with van der Waals surface area (Å²) in [4.78, 5) is 6.93. The van der Waals surface area contributed by atoms with E-state index in [4.69, 9.17) is 9.47 Å². The summed E-state index contributed by atoms with van der Waals surface area (Å²) < 4.78 is 36.7. The monoisotopic (exact) mass is 391 g/mol. The predicted octanol–water partition coefficient (Wildman–Crippen LogP) is 1.89. The maximum atomic E-state index is 12.8. The Morgan fingerprint density at radius 3 is 2.74 bits per heavy atom. The van der Waals surface area contributed by atoms with Crippen LogP contribution in [0, 0.1) is 12.1 Å². The summed E-state index contributed by atoms with van der Waals surface area (Å²) in [5.41, 5.74) is 1.78. The summed E-state index contributed by atoms with van der Waals surface area (Å²) in [5, 5.41) is 12.0.